The van der Waals surface area contributed by atoms with E-state index in [2.05, 4.69) is 26.2 Å². The maximum absolute atomic E-state index is 13.2. The Labute approximate surface area is 197 Å². The summed E-state index contributed by atoms with van der Waals surface area (Å²) in [5, 5.41) is 3.76. The first kappa shape index (κ1) is 23.7. The summed E-state index contributed by atoms with van der Waals surface area (Å²) in [6.07, 6.45) is 0. The van der Waals surface area contributed by atoms with E-state index >= 15 is 0 Å². The van der Waals surface area contributed by atoms with Crippen molar-refractivity contribution in [3.63, 3.8) is 0 Å². The second-order valence-corrected chi connectivity index (χ2v) is 9.40. The van der Waals surface area contributed by atoms with Gasteiger partial charge in [0.15, 0.2) is 0 Å². The van der Waals surface area contributed by atoms with Crippen molar-refractivity contribution < 1.29 is 14.3 Å². The Hall–Kier alpha value is -2.91. The fourth-order valence-corrected chi connectivity index (χ4v) is 3.44. The SMILES string of the molecule is CC(C)(C)OC(=O)Cn1c(=O)c(C(=O)NCc2ccc(Cl)cc2)cc2cc(Br)c(N)nc21. The number of amides is 1. The number of nitrogens with one attached hydrogen (secondary N) is 1. The van der Waals surface area contributed by atoms with Crippen molar-refractivity contribution in [2.45, 2.75) is 39.5 Å². The monoisotopic (exact) mass is 520 g/mol. The van der Waals surface area contributed by atoms with E-state index in [1.165, 1.54) is 6.07 Å². The summed E-state index contributed by atoms with van der Waals surface area (Å²) in [4.78, 5) is 42.7. The van der Waals surface area contributed by atoms with Crippen molar-refractivity contribution in [1.82, 2.24) is 14.9 Å². The van der Waals surface area contributed by atoms with Gasteiger partial charge in [0, 0.05) is 17.0 Å². The van der Waals surface area contributed by atoms with Gasteiger partial charge in [0.2, 0.25) is 0 Å². The minimum atomic E-state index is -0.737. The summed E-state index contributed by atoms with van der Waals surface area (Å²) in [5.74, 6) is -1.07. The van der Waals surface area contributed by atoms with Gasteiger partial charge < -0.3 is 15.8 Å². The summed E-state index contributed by atoms with van der Waals surface area (Å²) in [5.41, 5.74) is 5.33. The molecule has 3 N–H and O–H groups in total. The van der Waals surface area contributed by atoms with Crippen molar-refractivity contribution in [2.75, 3.05) is 5.73 Å². The lowest BCUT2D eigenvalue weighted by Gasteiger charge is -2.20. The molecule has 0 atom stereocenters. The molecule has 1 amide bonds. The number of benzene rings is 1. The van der Waals surface area contributed by atoms with Crippen LogP contribution in [0.25, 0.3) is 11.0 Å². The number of pyridine rings is 2. The standard InChI is InChI=1S/C22H22BrClN4O4/c1-22(2,3)32-17(29)11-28-19-13(9-16(23)18(25)27-19)8-15(21(28)31)20(30)26-10-12-4-6-14(24)7-5-12/h4-9H,10-11H2,1-3H3,(H2,25,27)(H,26,30). The van der Waals surface area contributed by atoms with E-state index < -0.39 is 29.6 Å². The van der Waals surface area contributed by atoms with Crippen molar-refractivity contribution >= 4 is 56.3 Å². The van der Waals surface area contributed by atoms with E-state index in [0.717, 1.165) is 10.1 Å². The number of anilines is 1. The van der Waals surface area contributed by atoms with Gasteiger partial charge in [-0.15, -0.1) is 0 Å². The summed E-state index contributed by atoms with van der Waals surface area (Å²) in [6.45, 7) is 4.95. The minimum Gasteiger partial charge on any atom is -0.459 e. The van der Waals surface area contributed by atoms with Crippen LogP contribution < -0.4 is 16.6 Å². The third-order valence-corrected chi connectivity index (χ3v) is 5.25. The van der Waals surface area contributed by atoms with Gasteiger partial charge in [-0.1, -0.05) is 23.7 Å². The van der Waals surface area contributed by atoms with Crippen LogP contribution in [-0.2, 0) is 22.6 Å². The molecule has 0 radical (unpaired) electrons. The molecular formula is C22H22BrClN4O4. The molecular weight excluding hydrogens is 500 g/mol. The van der Waals surface area contributed by atoms with Gasteiger partial charge in [0.25, 0.3) is 11.5 Å². The Morgan fingerprint density at radius 1 is 1.22 bits per heavy atom. The average Bonchev–Trinajstić information content (AvgIpc) is 2.69. The average molecular weight is 522 g/mol. The molecule has 3 rings (SSSR count). The van der Waals surface area contributed by atoms with Gasteiger partial charge in [-0.2, -0.15) is 0 Å². The number of hydrogen-bond donors (Lipinski definition) is 2. The van der Waals surface area contributed by atoms with Crippen LogP contribution in [-0.4, -0.2) is 27.0 Å². The molecule has 2 heterocycles. The first-order valence-electron chi connectivity index (χ1n) is 9.68. The summed E-state index contributed by atoms with van der Waals surface area (Å²) in [7, 11) is 0. The molecule has 10 heteroatoms. The minimum absolute atomic E-state index is 0.131. The number of aromatic nitrogens is 2. The molecule has 0 unspecified atom stereocenters. The Morgan fingerprint density at radius 3 is 2.50 bits per heavy atom. The van der Waals surface area contributed by atoms with Crippen LogP contribution in [0.15, 0.2) is 45.7 Å². The maximum Gasteiger partial charge on any atom is 0.326 e. The maximum atomic E-state index is 13.2. The largest absolute Gasteiger partial charge is 0.459 e. The highest BCUT2D eigenvalue weighted by molar-refractivity contribution is 9.10. The molecule has 168 valence electrons. The number of nitrogens with two attached hydrogens (primary N) is 1. The van der Waals surface area contributed by atoms with Crippen LogP contribution in [0.5, 0.6) is 0 Å². The normalized spacial score (nSPS) is 11.4. The predicted octanol–water partition coefficient (Wildman–Crippen LogP) is 3.67. The highest BCUT2D eigenvalue weighted by atomic mass is 79.9. The first-order chi connectivity index (χ1) is 14.9. The van der Waals surface area contributed by atoms with Gasteiger partial charge in [-0.05, 0) is 66.5 Å². The molecule has 3 aromatic rings. The fourth-order valence-electron chi connectivity index (χ4n) is 2.98. The van der Waals surface area contributed by atoms with E-state index in [9.17, 15) is 14.4 Å². The van der Waals surface area contributed by atoms with Gasteiger partial charge in [-0.3, -0.25) is 19.0 Å². The number of esters is 1. The quantitative estimate of drug-likeness (QED) is 0.495. The molecule has 0 fully saturated rings. The van der Waals surface area contributed by atoms with E-state index in [1.807, 2.05) is 0 Å². The zero-order chi connectivity index (χ0) is 23.6. The smallest absolute Gasteiger partial charge is 0.326 e. The second kappa shape index (κ2) is 9.30. The second-order valence-electron chi connectivity index (χ2n) is 8.11. The lowest BCUT2D eigenvalue weighted by Crippen LogP contribution is -2.36. The van der Waals surface area contributed by atoms with E-state index in [4.69, 9.17) is 22.1 Å². The number of ether oxygens (including phenoxy) is 1. The number of nitrogens with zero attached hydrogens (tertiary/aromatic N) is 2. The molecule has 0 aliphatic rings. The number of nitrogen functional groups attached to an aromatic ring is 1. The Kier molecular flexibility index (Phi) is 6.90. The predicted molar refractivity (Wildman–Crippen MR) is 127 cm³/mol. The van der Waals surface area contributed by atoms with E-state index in [0.29, 0.717) is 14.9 Å². The molecule has 2 aromatic heterocycles. The molecule has 0 saturated heterocycles. The van der Waals surface area contributed by atoms with Crippen LogP contribution in [0, 0.1) is 0 Å². The van der Waals surface area contributed by atoms with Crippen molar-refractivity contribution in [2.24, 2.45) is 0 Å². The van der Waals surface area contributed by atoms with E-state index in [1.54, 1.807) is 51.1 Å². The van der Waals surface area contributed by atoms with Gasteiger partial charge in [0.05, 0.1) is 4.47 Å². The van der Waals surface area contributed by atoms with E-state index in [-0.39, 0.29) is 23.6 Å². The van der Waals surface area contributed by atoms with Crippen molar-refractivity contribution in [3.8, 4) is 0 Å². The van der Waals surface area contributed by atoms with Crippen LogP contribution in [0.2, 0.25) is 5.02 Å². The number of rotatable bonds is 5. The number of fused-ring (bicyclic) bond motifs is 1. The molecule has 8 nitrogen and oxygen atoms in total. The zero-order valence-electron chi connectivity index (χ0n) is 17.7. The Bertz CT molecular complexity index is 1250. The third-order valence-electron chi connectivity index (χ3n) is 4.36. The number of carbonyl (C=O) groups is 2. The highest BCUT2D eigenvalue weighted by Gasteiger charge is 2.22. The molecule has 32 heavy (non-hydrogen) atoms. The molecule has 0 saturated carbocycles. The first-order valence-corrected chi connectivity index (χ1v) is 10.9. The number of halogens is 2. The topological polar surface area (TPSA) is 116 Å². The summed E-state index contributed by atoms with van der Waals surface area (Å²) < 4.78 is 6.94. The zero-order valence-corrected chi connectivity index (χ0v) is 20.1. The third kappa shape index (κ3) is 5.66. The summed E-state index contributed by atoms with van der Waals surface area (Å²) in [6, 6.07) is 10.0. The van der Waals surface area contributed by atoms with Crippen molar-refractivity contribution in [3.05, 3.63) is 67.4 Å². The van der Waals surface area contributed by atoms with Crippen LogP contribution >= 0.6 is 27.5 Å². The molecule has 0 spiro atoms. The molecule has 1 aromatic carbocycles. The summed E-state index contributed by atoms with van der Waals surface area (Å²) >= 11 is 9.18. The molecule has 0 bridgehead atoms. The van der Waals surface area contributed by atoms with Crippen LogP contribution in [0.3, 0.4) is 0 Å². The Morgan fingerprint density at radius 2 is 1.88 bits per heavy atom. The number of carbonyl (C=O) groups excluding carboxylic acids is 2. The Balaban J connectivity index is 2.00. The lowest BCUT2D eigenvalue weighted by atomic mass is 10.1. The molecule has 0 aliphatic heterocycles. The molecule has 0 aliphatic carbocycles. The number of hydrogen-bond acceptors (Lipinski definition) is 6. The highest BCUT2D eigenvalue weighted by Crippen LogP contribution is 2.23. The fraction of sp³-hybridized carbons (Fsp3) is 0.273. The van der Waals surface area contributed by atoms with Crippen molar-refractivity contribution in [1.29, 1.82) is 0 Å². The van der Waals surface area contributed by atoms with Crippen LogP contribution in [0.1, 0.15) is 36.7 Å². The lowest BCUT2D eigenvalue weighted by molar-refractivity contribution is -0.155. The van der Waals surface area contributed by atoms with Gasteiger partial charge in [0.1, 0.15) is 29.2 Å². The van der Waals surface area contributed by atoms with Crippen LogP contribution in [0.4, 0.5) is 5.82 Å². The van der Waals surface area contributed by atoms with Gasteiger partial charge >= 0.3 is 5.97 Å². The van der Waals surface area contributed by atoms with Gasteiger partial charge in [-0.25, -0.2) is 4.98 Å².